The van der Waals surface area contributed by atoms with Crippen molar-refractivity contribution >= 4 is 13.9 Å². The van der Waals surface area contributed by atoms with Crippen LogP contribution < -0.4 is 4.74 Å². The first-order chi connectivity index (χ1) is 7.04. The van der Waals surface area contributed by atoms with E-state index in [9.17, 15) is 4.57 Å². The quantitative estimate of drug-likeness (QED) is 0.750. The molecule has 0 aliphatic carbocycles. The maximum absolute atomic E-state index is 10.6. The molecule has 15 heavy (non-hydrogen) atoms. The van der Waals surface area contributed by atoms with Crippen molar-refractivity contribution in [3.8, 4) is 5.75 Å². The Labute approximate surface area is 86.2 Å². The van der Waals surface area contributed by atoms with E-state index in [4.69, 9.17) is 14.5 Å². The second kappa shape index (κ2) is 3.70. The number of para-hydroxylation sites is 1. The van der Waals surface area contributed by atoms with Gasteiger partial charge in [-0.3, -0.25) is 9.79 Å². The van der Waals surface area contributed by atoms with Crippen LogP contribution in [0.5, 0.6) is 5.75 Å². The van der Waals surface area contributed by atoms with Crippen molar-refractivity contribution in [1.82, 2.24) is 0 Å². The molecular weight excluding hydrogens is 219 g/mol. The van der Waals surface area contributed by atoms with E-state index in [1.807, 2.05) is 6.07 Å². The van der Waals surface area contributed by atoms with Crippen LogP contribution in [0, 0.1) is 0 Å². The van der Waals surface area contributed by atoms with Gasteiger partial charge in [-0.05, 0) is 12.1 Å². The van der Waals surface area contributed by atoms with Gasteiger partial charge in [-0.25, -0.2) is 4.57 Å². The van der Waals surface area contributed by atoms with Crippen molar-refractivity contribution in [2.45, 2.75) is 0 Å². The zero-order valence-electron chi connectivity index (χ0n) is 7.66. The number of hydrogen-bond donors (Lipinski definition) is 2. The van der Waals surface area contributed by atoms with Crippen molar-refractivity contribution in [3.05, 3.63) is 35.6 Å². The largest absolute Gasteiger partial charge is 0.524 e. The average molecular weight is 228 g/mol. The van der Waals surface area contributed by atoms with E-state index in [1.54, 1.807) is 24.3 Å². The molecule has 1 aliphatic heterocycles. The van der Waals surface area contributed by atoms with Crippen molar-refractivity contribution in [2.75, 3.05) is 6.61 Å². The minimum Gasteiger partial charge on any atom is -0.485 e. The lowest BCUT2D eigenvalue weighted by Crippen LogP contribution is -2.08. The number of rotatable bonds is 2. The molecule has 0 fully saturated rings. The molecule has 0 atom stereocenters. The Morgan fingerprint density at radius 1 is 1.33 bits per heavy atom. The highest BCUT2D eigenvalue weighted by molar-refractivity contribution is 7.46. The summed E-state index contributed by atoms with van der Waals surface area (Å²) in [6.45, 7) is 0.0299. The highest BCUT2D eigenvalue weighted by atomic mass is 31.2. The highest BCUT2D eigenvalue weighted by Gasteiger charge is 2.20. The van der Waals surface area contributed by atoms with Crippen molar-refractivity contribution in [3.63, 3.8) is 0 Å². The Balaban J connectivity index is 2.26. The molecule has 1 aromatic carbocycles. The van der Waals surface area contributed by atoms with Crippen LogP contribution >= 0.6 is 7.82 Å². The summed E-state index contributed by atoms with van der Waals surface area (Å²) in [4.78, 5) is 17.2. The van der Waals surface area contributed by atoms with Crippen LogP contribution in [0.25, 0.3) is 6.08 Å². The maximum Gasteiger partial charge on any atom is 0.524 e. The van der Waals surface area contributed by atoms with Gasteiger partial charge in [0, 0.05) is 5.56 Å². The number of ether oxygens (including phenoxy) is 1. The maximum atomic E-state index is 10.6. The van der Waals surface area contributed by atoms with Gasteiger partial charge in [-0.15, -0.1) is 0 Å². The summed E-state index contributed by atoms with van der Waals surface area (Å²) in [5, 5.41) is 0. The van der Waals surface area contributed by atoms with Crippen LogP contribution in [-0.4, -0.2) is 16.4 Å². The van der Waals surface area contributed by atoms with Gasteiger partial charge < -0.3 is 9.26 Å². The van der Waals surface area contributed by atoms with Gasteiger partial charge in [0.25, 0.3) is 0 Å². The van der Waals surface area contributed by atoms with Gasteiger partial charge in [0.1, 0.15) is 18.1 Å². The van der Waals surface area contributed by atoms with E-state index in [0.717, 1.165) is 5.56 Å². The Hall–Kier alpha value is -1.29. The lowest BCUT2D eigenvalue weighted by atomic mass is 10.1. The summed E-state index contributed by atoms with van der Waals surface area (Å²) >= 11 is 0. The van der Waals surface area contributed by atoms with Crippen LogP contribution in [0.4, 0.5) is 0 Å². The second-order valence-corrected chi connectivity index (χ2v) is 4.18. The molecule has 1 aliphatic rings. The fourth-order valence-corrected chi connectivity index (χ4v) is 1.71. The molecule has 2 rings (SSSR count). The van der Waals surface area contributed by atoms with Crippen LogP contribution in [0.1, 0.15) is 5.56 Å². The number of benzene rings is 1. The molecular formula is C9H9O5P. The Morgan fingerprint density at radius 2 is 2.07 bits per heavy atom. The number of phosphoric acid groups is 1. The SMILES string of the molecule is O=P(O)(O)OC1=Cc2ccccc2OC1. The number of phosphoric ester groups is 1. The van der Waals surface area contributed by atoms with E-state index < -0.39 is 7.82 Å². The first-order valence-corrected chi connectivity index (χ1v) is 5.75. The van der Waals surface area contributed by atoms with Crippen LogP contribution in [-0.2, 0) is 9.09 Å². The second-order valence-electron chi connectivity index (χ2n) is 3.02. The molecule has 5 nitrogen and oxygen atoms in total. The topological polar surface area (TPSA) is 76.0 Å². The molecule has 0 radical (unpaired) electrons. The van der Waals surface area contributed by atoms with Gasteiger partial charge in [0.15, 0.2) is 0 Å². The van der Waals surface area contributed by atoms with Gasteiger partial charge in [-0.1, -0.05) is 18.2 Å². The first kappa shape index (κ1) is 10.2. The van der Waals surface area contributed by atoms with Crippen molar-refractivity contribution < 1.29 is 23.6 Å². The summed E-state index contributed by atoms with van der Waals surface area (Å²) < 4.78 is 20.3. The summed E-state index contributed by atoms with van der Waals surface area (Å²) in [5.74, 6) is 0.803. The average Bonchev–Trinajstić information content (AvgIpc) is 2.15. The predicted molar refractivity (Wildman–Crippen MR) is 53.0 cm³/mol. The molecule has 0 bridgehead atoms. The van der Waals surface area contributed by atoms with Gasteiger partial charge in [-0.2, -0.15) is 0 Å². The van der Waals surface area contributed by atoms with Crippen LogP contribution in [0.15, 0.2) is 30.0 Å². The van der Waals surface area contributed by atoms with Gasteiger partial charge in [0.2, 0.25) is 0 Å². The normalized spacial score (nSPS) is 14.9. The predicted octanol–water partition coefficient (Wildman–Crippen LogP) is 1.53. The molecule has 0 unspecified atom stereocenters. The molecule has 0 aromatic heterocycles. The van der Waals surface area contributed by atoms with Crippen LogP contribution in [0.2, 0.25) is 0 Å². The Bertz CT molecular complexity index is 448. The third-order valence-electron chi connectivity index (χ3n) is 1.84. The molecule has 0 spiro atoms. The fourth-order valence-electron chi connectivity index (χ4n) is 1.30. The summed E-state index contributed by atoms with van der Waals surface area (Å²) in [6, 6.07) is 7.18. The van der Waals surface area contributed by atoms with Crippen molar-refractivity contribution in [2.24, 2.45) is 0 Å². The minimum absolute atomic E-state index is 0.0299. The molecule has 1 heterocycles. The molecule has 80 valence electrons. The lowest BCUT2D eigenvalue weighted by molar-refractivity contribution is 0.209. The summed E-state index contributed by atoms with van der Waals surface area (Å²) in [7, 11) is -4.49. The monoisotopic (exact) mass is 228 g/mol. The van der Waals surface area contributed by atoms with E-state index >= 15 is 0 Å². The molecule has 0 amide bonds. The molecule has 6 heteroatoms. The van der Waals surface area contributed by atoms with E-state index in [1.165, 1.54) is 0 Å². The molecule has 0 saturated carbocycles. The van der Waals surface area contributed by atoms with E-state index in [-0.39, 0.29) is 12.4 Å². The van der Waals surface area contributed by atoms with Crippen LogP contribution in [0.3, 0.4) is 0 Å². The van der Waals surface area contributed by atoms with E-state index in [0.29, 0.717) is 5.75 Å². The summed E-state index contributed by atoms with van der Waals surface area (Å²) in [5.41, 5.74) is 0.743. The smallest absolute Gasteiger partial charge is 0.485 e. The fraction of sp³-hybridized carbons (Fsp3) is 0.111. The third kappa shape index (κ3) is 2.59. The summed E-state index contributed by atoms with van der Waals surface area (Å²) in [6.07, 6.45) is 1.55. The third-order valence-corrected chi connectivity index (χ3v) is 2.31. The number of fused-ring (bicyclic) bond motifs is 1. The van der Waals surface area contributed by atoms with E-state index in [2.05, 4.69) is 4.52 Å². The number of hydrogen-bond acceptors (Lipinski definition) is 3. The van der Waals surface area contributed by atoms with Crippen molar-refractivity contribution in [1.29, 1.82) is 0 Å². The molecule has 1 aromatic rings. The molecule has 0 saturated heterocycles. The standard InChI is InChI=1S/C9H9O5P/c10-15(11,12)14-8-5-7-3-1-2-4-9(7)13-6-8/h1-5H,6H2,(H2,10,11,12). The zero-order chi connectivity index (χ0) is 10.9. The first-order valence-electron chi connectivity index (χ1n) is 4.22. The van der Waals surface area contributed by atoms with Gasteiger partial charge >= 0.3 is 7.82 Å². The highest BCUT2D eigenvalue weighted by Crippen LogP contribution is 2.40. The molecule has 2 N–H and O–H groups in total. The zero-order valence-corrected chi connectivity index (χ0v) is 8.55. The lowest BCUT2D eigenvalue weighted by Gasteiger charge is -2.18. The Kier molecular flexibility index (Phi) is 2.52. The Morgan fingerprint density at radius 3 is 2.80 bits per heavy atom. The minimum atomic E-state index is -4.49. The van der Waals surface area contributed by atoms with Gasteiger partial charge in [0.05, 0.1) is 0 Å².